The van der Waals surface area contributed by atoms with Crippen molar-refractivity contribution in [2.45, 2.75) is 25.7 Å². The van der Waals surface area contributed by atoms with Crippen molar-refractivity contribution >= 4 is 79.0 Å². The number of fused-ring (bicyclic) bond motifs is 3. The SMILES string of the molecule is Brc1cc(Nc2ncnc3[se]c4c(c23)CCCC4)c(Br)s1. The first kappa shape index (κ1) is 14.4. The van der Waals surface area contributed by atoms with E-state index in [4.69, 9.17) is 0 Å². The molecule has 1 N–H and O–H groups in total. The van der Waals surface area contributed by atoms with Gasteiger partial charge in [0.2, 0.25) is 0 Å². The Labute approximate surface area is 149 Å². The second-order valence-electron chi connectivity index (χ2n) is 4.98. The van der Waals surface area contributed by atoms with Gasteiger partial charge in [0.15, 0.2) is 0 Å². The molecular formula is C14H11Br2N3SSe. The van der Waals surface area contributed by atoms with E-state index in [1.807, 2.05) is 0 Å². The Bertz CT molecular complexity index is 827. The molecule has 0 unspecified atom stereocenters. The molecule has 21 heavy (non-hydrogen) atoms. The van der Waals surface area contributed by atoms with E-state index in [2.05, 4.69) is 53.2 Å². The van der Waals surface area contributed by atoms with Crippen molar-refractivity contribution in [3.63, 3.8) is 0 Å². The first-order valence-electron chi connectivity index (χ1n) is 6.69. The molecule has 0 atom stereocenters. The van der Waals surface area contributed by atoms with Gasteiger partial charge in [-0.05, 0) is 0 Å². The van der Waals surface area contributed by atoms with Gasteiger partial charge in [-0.1, -0.05) is 0 Å². The topological polar surface area (TPSA) is 37.8 Å². The summed E-state index contributed by atoms with van der Waals surface area (Å²) in [6.07, 6.45) is 6.74. The third kappa shape index (κ3) is 2.63. The predicted molar refractivity (Wildman–Crippen MR) is 96.1 cm³/mol. The van der Waals surface area contributed by atoms with Gasteiger partial charge in [-0.3, -0.25) is 0 Å². The van der Waals surface area contributed by atoms with Crippen molar-refractivity contribution in [3.05, 3.63) is 30.0 Å². The number of hydrogen-bond acceptors (Lipinski definition) is 4. The fourth-order valence-corrected chi connectivity index (χ4v) is 7.99. The monoisotopic (exact) mass is 491 g/mol. The van der Waals surface area contributed by atoms with E-state index in [0.29, 0.717) is 14.5 Å². The van der Waals surface area contributed by atoms with Crippen molar-refractivity contribution in [3.8, 4) is 0 Å². The Kier molecular flexibility index (Phi) is 3.96. The Morgan fingerprint density at radius 2 is 2.05 bits per heavy atom. The second kappa shape index (κ2) is 5.78. The summed E-state index contributed by atoms with van der Waals surface area (Å²) in [7, 11) is 0. The molecule has 1 aliphatic rings. The molecule has 0 saturated carbocycles. The summed E-state index contributed by atoms with van der Waals surface area (Å²) < 4.78 is 5.07. The molecule has 3 nitrogen and oxygen atoms in total. The summed E-state index contributed by atoms with van der Waals surface area (Å²) in [6.45, 7) is 0. The molecule has 3 aromatic heterocycles. The maximum atomic E-state index is 4.53. The Morgan fingerprint density at radius 3 is 2.86 bits per heavy atom. The van der Waals surface area contributed by atoms with E-state index in [1.54, 1.807) is 22.1 Å². The average molecular weight is 492 g/mol. The zero-order chi connectivity index (χ0) is 14.4. The summed E-state index contributed by atoms with van der Waals surface area (Å²) in [4.78, 5) is 9.04. The van der Waals surface area contributed by atoms with Crippen LogP contribution in [0.3, 0.4) is 0 Å². The van der Waals surface area contributed by atoms with Gasteiger partial charge in [-0.2, -0.15) is 0 Å². The van der Waals surface area contributed by atoms with Crippen molar-refractivity contribution < 1.29 is 0 Å². The van der Waals surface area contributed by atoms with E-state index >= 15 is 0 Å². The number of nitrogens with one attached hydrogen (secondary N) is 1. The normalized spacial score (nSPS) is 14.4. The van der Waals surface area contributed by atoms with E-state index in [9.17, 15) is 0 Å². The Morgan fingerprint density at radius 1 is 1.19 bits per heavy atom. The van der Waals surface area contributed by atoms with Crippen LogP contribution >= 0.6 is 43.2 Å². The number of nitrogens with zero attached hydrogens (tertiary/aromatic N) is 2. The van der Waals surface area contributed by atoms with Crippen LogP contribution in [-0.4, -0.2) is 24.5 Å². The third-order valence-electron chi connectivity index (χ3n) is 3.66. The third-order valence-corrected chi connectivity index (χ3v) is 8.52. The number of aryl methyl sites for hydroxylation is 2. The molecule has 3 heterocycles. The molecule has 4 rings (SSSR count). The van der Waals surface area contributed by atoms with Gasteiger partial charge >= 0.3 is 150 Å². The molecule has 0 aliphatic heterocycles. The zero-order valence-electron chi connectivity index (χ0n) is 10.9. The predicted octanol–water partition coefficient (Wildman–Crippen LogP) is 4.90. The number of thiophene rings is 1. The number of rotatable bonds is 2. The number of hydrogen-bond donors (Lipinski definition) is 1. The van der Waals surface area contributed by atoms with Crippen LogP contribution in [0.5, 0.6) is 0 Å². The Balaban J connectivity index is 1.85. The van der Waals surface area contributed by atoms with Crippen LogP contribution in [0.4, 0.5) is 11.5 Å². The Hall–Kier alpha value is -0.201. The summed E-state index contributed by atoms with van der Waals surface area (Å²) >= 11 is 9.19. The van der Waals surface area contributed by atoms with Crippen LogP contribution < -0.4 is 5.32 Å². The van der Waals surface area contributed by atoms with Crippen molar-refractivity contribution in [1.29, 1.82) is 0 Å². The molecule has 0 radical (unpaired) electrons. The zero-order valence-corrected chi connectivity index (χ0v) is 16.7. The molecule has 1 aliphatic carbocycles. The van der Waals surface area contributed by atoms with Crippen molar-refractivity contribution in [1.82, 2.24) is 9.97 Å². The molecule has 0 aromatic carbocycles. The first-order valence-corrected chi connectivity index (χ1v) is 10.8. The first-order chi connectivity index (χ1) is 10.2. The van der Waals surface area contributed by atoms with Gasteiger partial charge in [0, 0.05) is 0 Å². The van der Waals surface area contributed by atoms with E-state index in [0.717, 1.165) is 19.1 Å². The van der Waals surface area contributed by atoms with Crippen LogP contribution in [0.1, 0.15) is 22.8 Å². The fraction of sp³-hybridized carbons (Fsp3) is 0.286. The van der Waals surface area contributed by atoms with Gasteiger partial charge in [0.25, 0.3) is 0 Å². The van der Waals surface area contributed by atoms with Crippen LogP contribution in [0.25, 0.3) is 9.78 Å². The van der Waals surface area contributed by atoms with E-state index < -0.39 is 0 Å². The summed E-state index contributed by atoms with van der Waals surface area (Å²) in [6, 6.07) is 2.08. The summed E-state index contributed by atoms with van der Waals surface area (Å²) in [5.41, 5.74) is 2.58. The molecule has 3 aromatic rings. The van der Waals surface area contributed by atoms with E-state index in [-0.39, 0.29) is 0 Å². The van der Waals surface area contributed by atoms with E-state index in [1.165, 1.54) is 41.0 Å². The van der Waals surface area contributed by atoms with Gasteiger partial charge in [-0.25, -0.2) is 0 Å². The molecular weight excluding hydrogens is 481 g/mol. The number of anilines is 2. The number of halogens is 2. The molecule has 7 heteroatoms. The molecule has 0 bridgehead atoms. The number of aromatic nitrogens is 2. The quantitative estimate of drug-likeness (QED) is 0.518. The fourth-order valence-electron chi connectivity index (χ4n) is 2.74. The summed E-state index contributed by atoms with van der Waals surface area (Å²) in [5, 5.41) is 4.76. The minimum atomic E-state index is 0.400. The standard InChI is InChI=1S/C14H11Br2N3SSe/c15-10-5-8(12(16)20-10)19-13-11-7-3-1-2-4-9(7)21-14(11)18-6-17-13/h5-6H,1-4H2,(H,17,18,19). The van der Waals surface area contributed by atoms with Crippen LogP contribution in [-0.2, 0) is 12.8 Å². The van der Waals surface area contributed by atoms with Crippen molar-refractivity contribution in [2.75, 3.05) is 5.32 Å². The minimum absolute atomic E-state index is 0.400. The molecule has 108 valence electrons. The molecule has 0 saturated heterocycles. The van der Waals surface area contributed by atoms with Crippen molar-refractivity contribution in [2.24, 2.45) is 0 Å². The van der Waals surface area contributed by atoms with Crippen LogP contribution in [0.2, 0.25) is 0 Å². The van der Waals surface area contributed by atoms with Gasteiger partial charge in [-0.15, -0.1) is 0 Å². The van der Waals surface area contributed by atoms with Gasteiger partial charge in [0.05, 0.1) is 0 Å². The molecule has 0 amide bonds. The average Bonchev–Trinajstić information content (AvgIpc) is 2.99. The molecule has 0 spiro atoms. The second-order valence-corrected chi connectivity index (χ2v) is 11.0. The van der Waals surface area contributed by atoms with Crippen LogP contribution in [0.15, 0.2) is 20.0 Å². The van der Waals surface area contributed by atoms with Crippen LogP contribution in [0, 0.1) is 0 Å². The molecule has 0 fully saturated rings. The van der Waals surface area contributed by atoms with Gasteiger partial charge in [0.1, 0.15) is 0 Å². The summed E-state index contributed by atoms with van der Waals surface area (Å²) in [5.74, 6) is 0.958. The van der Waals surface area contributed by atoms with Gasteiger partial charge < -0.3 is 0 Å². The maximum absolute atomic E-state index is 4.53.